The number of aromatic nitrogens is 4. The summed E-state index contributed by atoms with van der Waals surface area (Å²) in [6.07, 6.45) is 6.53. The van der Waals surface area contributed by atoms with E-state index in [9.17, 15) is 0 Å². The van der Waals surface area contributed by atoms with Gasteiger partial charge in [-0.05, 0) is 18.2 Å². The van der Waals surface area contributed by atoms with E-state index < -0.39 is 0 Å². The molecule has 3 aromatic rings. The summed E-state index contributed by atoms with van der Waals surface area (Å²) in [5, 5.41) is 1.11. The van der Waals surface area contributed by atoms with Gasteiger partial charge in [-0.15, -0.1) is 0 Å². The van der Waals surface area contributed by atoms with Crippen molar-refractivity contribution in [2.75, 3.05) is 56.6 Å². The molecule has 0 atom stereocenters. The first kappa shape index (κ1) is 17.7. The Bertz CT molecular complexity index is 910. The highest BCUT2D eigenvalue weighted by Gasteiger charge is 2.18. The second kappa shape index (κ2) is 7.52. The van der Waals surface area contributed by atoms with Crippen LogP contribution < -0.4 is 9.80 Å². The highest BCUT2D eigenvalue weighted by atomic mass is 15.3. The molecule has 1 saturated heterocycles. The third-order valence-electron chi connectivity index (χ3n) is 5.36. The number of piperazine rings is 1. The monoisotopic (exact) mass is 365 g/mol. The molecule has 0 amide bonds. The van der Waals surface area contributed by atoms with Crippen LogP contribution in [0.2, 0.25) is 0 Å². The SMILES string of the molecule is CN(C)c1ncnc2ccc(N3CCN(CCc4cncn4C)CC3)cc12. The summed E-state index contributed by atoms with van der Waals surface area (Å²) in [6, 6.07) is 6.52. The number of imidazole rings is 1. The summed E-state index contributed by atoms with van der Waals surface area (Å²) < 4.78 is 2.11. The Kier molecular flexibility index (Phi) is 4.94. The van der Waals surface area contributed by atoms with Crippen LogP contribution >= 0.6 is 0 Å². The predicted octanol–water partition coefficient (Wildman–Crippen LogP) is 1.79. The number of benzene rings is 1. The van der Waals surface area contributed by atoms with E-state index in [1.165, 1.54) is 11.4 Å². The van der Waals surface area contributed by atoms with Crippen LogP contribution in [-0.4, -0.2) is 71.2 Å². The number of nitrogens with zero attached hydrogens (tertiary/aromatic N) is 7. The van der Waals surface area contributed by atoms with Crippen molar-refractivity contribution in [3.8, 4) is 0 Å². The summed E-state index contributed by atoms with van der Waals surface area (Å²) in [4.78, 5) is 20.1. The summed E-state index contributed by atoms with van der Waals surface area (Å²) in [6.45, 7) is 5.34. The van der Waals surface area contributed by atoms with Gasteiger partial charge in [-0.25, -0.2) is 15.0 Å². The molecular formula is C20H27N7. The topological polar surface area (TPSA) is 53.3 Å². The number of rotatable bonds is 5. The average molecular weight is 365 g/mol. The Hall–Kier alpha value is -2.67. The molecular weight excluding hydrogens is 338 g/mol. The zero-order valence-electron chi connectivity index (χ0n) is 16.3. The number of anilines is 2. The van der Waals surface area contributed by atoms with Gasteiger partial charge in [0, 0.05) is 83.3 Å². The lowest BCUT2D eigenvalue weighted by Crippen LogP contribution is -2.47. The normalized spacial score (nSPS) is 15.4. The van der Waals surface area contributed by atoms with E-state index in [1.807, 2.05) is 31.5 Å². The molecule has 1 aromatic carbocycles. The number of hydrogen-bond acceptors (Lipinski definition) is 6. The third kappa shape index (κ3) is 3.73. The fourth-order valence-electron chi connectivity index (χ4n) is 3.71. The van der Waals surface area contributed by atoms with Gasteiger partial charge in [0.2, 0.25) is 0 Å². The minimum absolute atomic E-state index is 0.969. The van der Waals surface area contributed by atoms with Gasteiger partial charge >= 0.3 is 0 Å². The van der Waals surface area contributed by atoms with Gasteiger partial charge in [-0.3, -0.25) is 4.90 Å². The molecule has 0 N–H and O–H groups in total. The standard InChI is InChI=1S/C20H27N7/c1-24(2)20-18-12-16(4-5-19(18)22-14-23-20)27-10-8-26(9-11-27)7-6-17-13-21-15-25(17)3/h4-5,12-15H,6-11H2,1-3H3. The largest absolute Gasteiger partial charge is 0.369 e. The van der Waals surface area contributed by atoms with Gasteiger partial charge in [0.15, 0.2) is 0 Å². The van der Waals surface area contributed by atoms with Crippen LogP contribution in [0.15, 0.2) is 37.1 Å². The van der Waals surface area contributed by atoms with Crippen LogP contribution in [0.5, 0.6) is 0 Å². The molecule has 1 aliphatic heterocycles. The zero-order chi connectivity index (χ0) is 18.8. The van der Waals surface area contributed by atoms with Gasteiger partial charge in [0.05, 0.1) is 11.8 Å². The van der Waals surface area contributed by atoms with Crippen LogP contribution in [0.25, 0.3) is 10.9 Å². The quantitative estimate of drug-likeness (QED) is 0.687. The molecule has 1 fully saturated rings. The van der Waals surface area contributed by atoms with Crippen molar-refractivity contribution in [3.05, 3.63) is 42.7 Å². The Morgan fingerprint density at radius 3 is 2.59 bits per heavy atom. The Morgan fingerprint density at radius 1 is 1.07 bits per heavy atom. The first-order valence-corrected chi connectivity index (χ1v) is 9.46. The maximum Gasteiger partial charge on any atom is 0.139 e. The van der Waals surface area contributed by atoms with Crippen molar-refractivity contribution in [3.63, 3.8) is 0 Å². The van der Waals surface area contributed by atoms with Crippen molar-refractivity contribution in [2.24, 2.45) is 7.05 Å². The molecule has 3 heterocycles. The Balaban J connectivity index is 1.42. The van der Waals surface area contributed by atoms with Crippen molar-refractivity contribution in [1.29, 1.82) is 0 Å². The maximum absolute atomic E-state index is 4.44. The maximum atomic E-state index is 4.44. The minimum Gasteiger partial charge on any atom is -0.369 e. The summed E-state index contributed by atoms with van der Waals surface area (Å²) in [5.74, 6) is 0.969. The third-order valence-corrected chi connectivity index (χ3v) is 5.36. The van der Waals surface area contributed by atoms with Crippen LogP contribution in [0.1, 0.15) is 5.69 Å². The number of fused-ring (bicyclic) bond motifs is 1. The lowest BCUT2D eigenvalue weighted by molar-refractivity contribution is 0.259. The summed E-state index contributed by atoms with van der Waals surface area (Å²) in [7, 11) is 6.11. The highest BCUT2D eigenvalue weighted by Crippen LogP contribution is 2.27. The van der Waals surface area contributed by atoms with Crippen LogP contribution in [0.3, 0.4) is 0 Å². The van der Waals surface area contributed by atoms with E-state index >= 15 is 0 Å². The first-order valence-electron chi connectivity index (χ1n) is 9.46. The molecule has 7 nitrogen and oxygen atoms in total. The van der Waals surface area contributed by atoms with Crippen LogP contribution in [-0.2, 0) is 13.5 Å². The molecule has 142 valence electrons. The van der Waals surface area contributed by atoms with Crippen molar-refractivity contribution >= 4 is 22.4 Å². The smallest absolute Gasteiger partial charge is 0.139 e. The van der Waals surface area contributed by atoms with Gasteiger partial charge in [0.25, 0.3) is 0 Å². The molecule has 0 spiro atoms. The highest BCUT2D eigenvalue weighted by molar-refractivity contribution is 5.91. The van der Waals surface area contributed by atoms with E-state index in [4.69, 9.17) is 0 Å². The molecule has 7 heteroatoms. The van der Waals surface area contributed by atoms with E-state index in [0.717, 1.165) is 55.9 Å². The van der Waals surface area contributed by atoms with Crippen molar-refractivity contribution in [2.45, 2.75) is 6.42 Å². The van der Waals surface area contributed by atoms with E-state index in [-0.39, 0.29) is 0 Å². The summed E-state index contributed by atoms with van der Waals surface area (Å²) in [5.41, 5.74) is 3.54. The van der Waals surface area contributed by atoms with Gasteiger partial charge < -0.3 is 14.4 Å². The Morgan fingerprint density at radius 2 is 1.89 bits per heavy atom. The molecule has 27 heavy (non-hydrogen) atoms. The number of aryl methyl sites for hydroxylation is 1. The van der Waals surface area contributed by atoms with Gasteiger partial charge in [-0.2, -0.15) is 0 Å². The van der Waals surface area contributed by atoms with Crippen LogP contribution in [0, 0.1) is 0 Å². The first-order chi connectivity index (χ1) is 13.1. The lowest BCUT2D eigenvalue weighted by Gasteiger charge is -2.36. The second-order valence-corrected chi connectivity index (χ2v) is 7.37. The van der Waals surface area contributed by atoms with Crippen molar-refractivity contribution < 1.29 is 0 Å². The second-order valence-electron chi connectivity index (χ2n) is 7.37. The van der Waals surface area contributed by atoms with E-state index in [1.54, 1.807) is 6.33 Å². The summed E-state index contributed by atoms with van der Waals surface area (Å²) >= 11 is 0. The molecule has 0 unspecified atom stereocenters. The van der Waals surface area contributed by atoms with E-state index in [0.29, 0.717) is 0 Å². The molecule has 0 saturated carbocycles. The van der Waals surface area contributed by atoms with Gasteiger partial charge in [0.1, 0.15) is 12.1 Å². The fourth-order valence-corrected chi connectivity index (χ4v) is 3.71. The van der Waals surface area contributed by atoms with Crippen molar-refractivity contribution in [1.82, 2.24) is 24.4 Å². The molecule has 4 rings (SSSR count). The molecule has 0 radical (unpaired) electrons. The van der Waals surface area contributed by atoms with E-state index in [2.05, 4.69) is 54.6 Å². The average Bonchev–Trinajstić information content (AvgIpc) is 3.10. The molecule has 1 aliphatic rings. The zero-order valence-corrected chi connectivity index (χ0v) is 16.3. The number of hydrogen-bond donors (Lipinski definition) is 0. The molecule has 0 bridgehead atoms. The minimum atomic E-state index is 0.969. The predicted molar refractivity (Wildman–Crippen MR) is 109 cm³/mol. The molecule has 2 aromatic heterocycles. The van der Waals surface area contributed by atoms with Gasteiger partial charge in [-0.1, -0.05) is 0 Å². The fraction of sp³-hybridized carbons (Fsp3) is 0.450. The van der Waals surface area contributed by atoms with Crippen LogP contribution in [0.4, 0.5) is 11.5 Å². The lowest BCUT2D eigenvalue weighted by atomic mass is 10.1. The Labute approximate surface area is 160 Å². The molecule has 0 aliphatic carbocycles.